The van der Waals surface area contributed by atoms with E-state index < -0.39 is 23.9 Å². The molecule has 0 spiro atoms. The number of aliphatic hydroxyl groups is 3. The van der Waals surface area contributed by atoms with Crippen LogP contribution in [-0.2, 0) is 11.3 Å². The van der Waals surface area contributed by atoms with Crippen LogP contribution < -0.4 is 5.32 Å². The molecule has 7 nitrogen and oxygen atoms in total. The monoisotopic (exact) mass is 298 g/mol. The number of alkyl carbamates (subject to hydrolysis) is 1. The van der Waals surface area contributed by atoms with Gasteiger partial charge >= 0.3 is 6.09 Å². The first-order chi connectivity index (χ1) is 9.73. The van der Waals surface area contributed by atoms with Gasteiger partial charge in [-0.25, -0.2) is 4.79 Å². The van der Waals surface area contributed by atoms with E-state index >= 15 is 0 Å². The maximum absolute atomic E-state index is 11.4. The molecule has 0 radical (unpaired) electrons. The van der Waals surface area contributed by atoms with Gasteiger partial charge in [-0.2, -0.15) is 0 Å². The highest BCUT2D eigenvalue weighted by Gasteiger charge is 2.22. The largest absolute Gasteiger partial charge is 0.444 e. The average Bonchev–Trinajstić information content (AvgIpc) is 2.42. The predicted octanol–water partition coefficient (Wildman–Crippen LogP) is 0.493. The molecule has 0 saturated heterocycles. The highest BCUT2D eigenvalue weighted by molar-refractivity contribution is 5.67. The van der Waals surface area contributed by atoms with Crippen molar-refractivity contribution in [2.24, 2.45) is 0 Å². The minimum absolute atomic E-state index is 0.179. The highest BCUT2D eigenvalue weighted by atomic mass is 16.6. The average molecular weight is 298 g/mol. The number of aromatic nitrogens is 1. The molecule has 2 atom stereocenters. The maximum atomic E-state index is 11.4. The van der Waals surface area contributed by atoms with Crippen molar-refractivity contribution in [1.29, 1.82) is 0 Å². The Kier molecular flexibility index (Phi) is 6.07. The fourth-order valence-corrected chi connectivity index (χ4v) is 1.57. The van der Waals surface area contributed by atoms with E-state index in [1.165, 1.54) is 12.3 Å². The van der Waals surface area contributed by atoms with Crippen LogP contribution in [0.25, 0.3) is 0 Å². The lowest BCUT2D eigenvalue weighted by molar-refractivity contribution is 0.0108. The zero-order valence-corrected chi connectivity index (χ0v) is 12.4. The number of carbonyl (C=O) groups excluding carboxylic acids is 1. The smallest absolute Gasteiger partial charge is 0.407 e. The van der Waals surface area contributed by atoms with Gasteiger partial charge in [-0.1, -0.05) is 0 Å². The Bertz CT molecular complexity index is 473. The molecule has 1 amide bonds. The fraction of sp³-hybridized carbons (Fsp3) is 0.571. The molecule has 4 N–H and O–H groups in total. The zero-order valence-electron chi connectivity index (χ0n) is 12.4. The Balaban J connectivity index is 2.54. The molecule has 1 aromatic heterocycles. The van der Waals surface area contributed by atoms with Crippen molar-refractivity contribution in [1.82, 2.24) is 10.3 Å². The second kappa shape index (κ2) is 7.35. The van der Waals surface area contributed by atoms with Crippen molar-refractivity contribution in [3.05, 3.63) is 29.6 Å². The highest BCUT2D eigenvalue weighted by Crippen LogP contribution is 2.15. The SMILES string of the molecule is CC(C)(C)OC(=O)NCC(O)C(O)c1cc(CO)ccn1. The quantitative estimate of drug-likeness (QED) is 0.629. The van der Waals surface area contributed by atoms with Crippen LogP contribution in [0, 0.1) is 0 Å². The lowest BCUT2D eigenvalue weighted by Gasteiger charge is -2.22. The Morgan fingerprint density at radius 2 is 2.10 bits per heavy atom. The van der Waals surface area contributed by atoms with Crippen LogP contribution >= 0.6 is 0 Å². The van der Waals surface area contributed by atoms with Crippen LogP contribution in [0.3, 0.4) is 0 Å². The van der Waals surface area contributed by atoms with Gasteiger partial charge in [-0.05, 0) is 38.5 Å². The summed E-state index contributed by atoms with van der Waals surface area (Å²) in [5, 5.41) is 31.2. The molecule has 7 heteroatoms. The van der Waals surface area contributed by atoms with Crippen molar-refractivity contribution in [2.75, 3.05) is 6.54 Å². The van der Waals surface area contributed by atoms with Crippen molar-refractivity contribution in [3.8, 4) is 0 Å². The minimum Gasteiger partial charge on any atom is -0.444 e. The van der Waals surface area contributed by atoms with E-state index in [1.54, 1.807) is 26.8 Å². The second-order valence-corrected chi connectivity index (χ2v) is 5.64. The number of amides is 1. The van der Waals surface area contributed by atoms with Crippen LogP contribution in [-0.4, -0.2) is 44.6 Å². The van der Waals surface area contributed by atoms with E-state index in [-0.39, 0.29) is 18.8 Å². The molecule has 0 saturated carbocycles. The maximum Gasteiger partial charge on any atom is 0.407 e. The Morgan fingerprint density at radius 1 is 1.43 bits per heavy atom. The summed E-state index contributed by atoms with van der Waals surface area (Å²) in [5.41, 5.74) is 0.163. The van der Waals surface area contributed by atoms with E-state index in [4.69, 9.17) is 9.84 Å². The van der Waals surface area contributed by atoms with Gasteiger partial charge in [0, 0.05) is 12.7 Å². The Morgan fingerprint density at radius 3 is 2.67 bits per heavy atom. The normalized spacial score (nSPS) is 14.4. The summed E-state index contributed by atoms with van der Waals surface area (Å²) in [7, 11) is 0. The summed E-state index contributed by atoms with van der Waals surface area (Å²) in [5.74, 6) is 0. The molecule has 1 heterocycles. The number of ether oxygens (including phenoxy) is 1. The molecule has 2 unspecified atom stereocenters. The summed E-state index contributed by atoms with van der Waals surface area (Å²) in [6.07, 6.45) is -1.76. The third-order valence-corrected chi connectivity index (χ3v) is 2.55. The van der Waals surface area contributed by atoms with Crippen molar-refractivity contribution in [2.45, 2.75) is 45.2 Å². The van der Waals surface area contributed by atoms with Gasteiger partial charge < -0.3 is 25.4 Å². The number of rotatable bonds is 5. The molecular weight excluding hydrogens is 276 g/mol. The van der Waals surface area contributed by atoms with E-state index in [0.717, 1.165) is 0 Å². The molecule has 0 aromatic carbocycles. The summed E-state index contributed by atoms with van der Waals surface area (Å²) in [4.78, 5) is 15.4. The Hall–Kier alpha value is -1.70. The number of aliphatic hydroxyl groups excluding tert-OH is 3. The molecule has 0 aliphatic rings. The molecule has 0 aliphatic carbocycles. The number of nitrogens with zero attached hydrogens (tertiary/aromatic N) is 1. The van der Waals surface area contributed by atoms with Crippen LogP contribution in [0.4, 0.5) is 4.79 Å². The van der Waals surface area contributed by atoms with Gasteiger partial charge in [0.2, 0.25) is 0 Å². The third-order valence-electron chi connectivity index (χ3n) is 2.55. The number of carbonyl (C=O) groups is 1. The van der Waals surface area contributed by atoms with E-state index in [9.17, 15) is 15.0 Å². The first-order valence-electron chi connectivity index (χ1n) is 6.61. The molecule has 0 bridgehead atoms. The summed E-state index contributed by atoms with van der Waals surface area (Å²) < 4.78 is 5.02. The van der Waals surface area contributed by atoms with Crippen LogP contribution in [0.2, 0.25) is 0 Å². The molecular formula is C14H22N2O5. The third kappa shape index (κ3) is 6.07. The van der Waals surface area contributed by atoms with Crippen LogP contribution in [0.15, 0.2) is 18.3 Å². The van der Waals surface area contributed by atoms with Gasteiger partial charge in [0.25, 0.3) is 0 Å². The molecule has 21 heavy (non-hydrogen) atoms. The standard InChI is InChI=1S/C14H22N2O5/c1-14(2,3)21-13(20)16-7-11(18)12(19)10-6-9(8-17)4-5-15-10/h4-6,11-12,17-19H,7-8H2,1-3H3,(H,16,20). The van der Waals surface area contributed by atoms with Gasteiger partial charge in [0.05, 0.1) is 12.3 Å². The molecule has 118 valence electrons. The molecule has 0 aliphatic heterocycles. The van der Waals surface area contributed by atoms with Crippen LogP contribution in [0.5, 0.6) is 0 Å². The van der Waals surface area contributed by atoms with Gasteiger partial charge in [0.15, 0.2) is 0 Å². The summed E-state index contributed by atoms with van der Waals surface area (Å²) in [6, 6.07) is 3.09. The fourth-order valence-electron chi connectivity index (χ4n) is 1.57. The molecule has 0 fully saturated rings. The number of pyridine rings is 1. The number of hydrogen-bond donors (Lipinski definition) is 4. The van der Waals surface area contributed by atoms with E-state index in [2.05, 4.69) is 10.3 Å². The first kappa shape index (κ1) is 17.4. The molecule has 1 rings (SSSR count). The van der Waals surface area contributed by atoms with Crippen LogP contribution in [0.1, 0.15) is 38.1 Å². The Labute approximate surface area is 123 Å². The van der Waals surface area contributed by atoms with Gasteiger partial charge in [0.1, 0.15) is 17.8 Å². The van der Waals surface area contributed by atoms with Gasteiger partial charge in [-0.15, -0.1) is 0 Å². The van der Waals surface area contributed by atoms with Crippen molar-refractivity contribution in [3.63, 3.8) is 0 Å². The lowest BCUT2D eigenvalue weighted by atomic mass is 10.1. The zero-order chi connectivity index (χ0) is 16.0. The number of nitrogens with one attached hydrogen (secondary N) is 1. The van der Waals surface area contributed by atoms with Crippen molar-refractivity contribution < 1.29 is 24.9 Å². The second-order valence-electron chi connectivity index (χ2n) is 5.64. The van der Waals surface area contributed by atoms with Gasteiger partial charge in [-0.3, -0.25) is 4.98 Å². The predicted molar refractivity (Wildman–Crippen MR) is 75.4 cm³/mol. The van der Waals surface area contributed by atoms with E-state index in [0.29, 0.717) is 5.56 Å². The minimum atomic E-state index is -1.27. The topological polar surface area (TPSA) is 112 Å². The lowest BCUT2D eigenvalue weighted by Crippen LogP contribution is -2.39. The first-order valence-corrected chi connectivity index (χ1v) is 6.61. The van der Waals surface area contributed by atoms with Crippen molar-refractivity contribution >= 4 is 6.09 Å². The summed E-state index contributed by atoms with van der Waals surface area (Å²) >= 11 is 0. The molecule has 1 aromatic rings. The number of hydrogen-bond acceptors (Lipinski definition) is 6. The van der Waals surface area contributed by atoms with E-state index in [1.807, 2.05) is 0 Å². The summed E-state index contributed by atoms with van der Waals surface area (Å²) in [6.45, 7) is 4.81.